The molecule has 1 N–H and O–H groups in total. The van der Waals surface area contributed by atoms with Crippen molar-refractivity contribution in [3.63, 3.8) is 0 Å². The molecule has 1 aliphatic heterocycles. The molecule has 0 aromatic heterocycles. The zero-order valence-electron chi connectivity index (χ0n) is 14.2. The molecule has 1 saturated heterocycles. The van der Waals surface area contributed by atoms with Crippen molar-refractivity contribution < 1.29 is 28.0 Å². The fourth-order valence-corrected chi connectivity index (χ4v) is 4.53. The highest BCUT2D eigenvalue weighted by atomic mass is 19.4. The van der Waals surface area contributed by atoms with Gasteiger partial charge >= 0.3 is 6.18 Å². The lowest BCUT2D eigenvalue weighted by molar-refractivity contribution is -0.388. The highest BCUT2D eigenvalue weighted by molar-refractivity contribution is 5.98. The number of rotatable bonds is 3. The summed E-state index contributed by atoms with van der Waals surface area (Å²) in [6.07, 6.45) is -4.62. The number of aliphatic hydroxyl groups excluding tert-OH is 1. The van der Waals surface area contributed by atoms with Crippen molar-refractivity contribution in [2.24, 2.45) is 23.7 Å². The third-order valence-electron chi connectivity index (χ3n) is 5.66. The number of alkyl halides is 3. The number of nitrogens with zero attached hydrogens (tertiary/aromatic N) is 2. The first-order chi connectivity index (χ1) is 12.1. The zero-order valence-corrected chi connectivity index (χ0v) is 14.2. The van der Waals surface area contributed by atoms with E-state index in [-0.39, 0.29) is 23.4 Å². The Balaban J connectivity index is 2.05. The largest absolute Gasteiger partial charge is 0.423 e. The molecule has 142 valence electrons. The normalized spacial score (nSPS) is 31.4. The Kier molecular flexibility index (Phi) is 4.46. The molecule has 6 nitrogen and oxygen atoms in total. The van der Waals surface area contributed by atoms with E-state index in [0.29, 0.717) is 6.07 Å². The van der Waals surface area contributed by atoms with Crippen LogP contribution in [0.5, 0.6) is 0 Å². The Morgan fingerprint density at radius 1 is 1.38 bits per heavy atom. The van der Waals surface area contributed by atoms with E-state index in [2.05, 4.69) is 0 Å². The summed E-state index contributed by atoms with van der Waals surface area (Å²) in [4.78, 5) is 23.5. The lowest BCUT2D eigenvalue weighted by atomic mass is 9.88. The predicted molar refractivity (Wildman–Crippen MR) is 86.1 cm³/mol. The SMILES string of the molecule is CCC1C[C@H](C)C2C(=O)N(c3ccc([N+](=O)[O-])c(C(F)(F)F)c3)C(O)C12. The highest BCUT2D eigenvalue weighted by Crippen LogP contribution is 2.51. The van der Waals surface area contributed by atoms with Crippen LogP contribution in [0.3, 0.4) is 0 Å². The van der Waals surface area contributed by atoms with Gasteiger partial charge in [-0.1, -0.05) is 20.3 Å². The minimum absolute atomic E-state index is 0.0252. The van der Waals surface area contributed by atoms with Gasteiger partial charge in [-0.25, -0.2) is 0 Å². The smallest absolute Gasteiger partial charge is 0.373 e. The van der Waals surface area contributed by atoms with Crippen LogP contribution >= 0.6 is 0 Å². The van der Waals surface area contributed by atoms with Gasteiger partial charge in [0.05, 0.1) is 4.92 Å². The first-order valence-electron chi connectivity index (χ1n) is 8.44. The quantitative estimate of drug-likeness (QED) is 0.649. The minimum atomic E-state index is -4.94. The lowest BCUT2D eigenvalue weighted by Crippen LogP contribution is -2.37. The number of nitro groups is 1. The van der Waals surface area contributed by atoms with Gasteiger partial charge in [0.15, 0.2) is 0 Å². The van der Waals surface area contributed by atoms with E-state index in [4.69, 9.17) is 0 Å². The number of hydrogen-bond acceptors (Lipinski definition) is 4. The van der Waals surface area contributed by atoms with E-state index >= 15 is 0 Å². The molecule has 1 aromatic rings. The second kappa shape index (κ2) is 6.22. The molecule has 1 aromatic carbocycles. The number of aliphatic hydroxyl groups is 1. The molecule has 26 heavy (non-hydrogen) atoms. The molecule has 0 bridgehead atoms. The Morgan fingerprint density at radius 3 is 2.58 bits per heavy atom. The second-order valence-corrected chi connectivity index (χ2v) is 7.06. The number of benzene rings is 1. The van der Waals surface area contributed by atoms with Crippen molar-refractivity contribution in [1.82, 2.24) is 0 Å². The van der Waals surface area contributed by atoms with E-state index in [1.54, 1.807) is 0 Å². The van der Waals surface area contributed by atoms with Crippen LogP contribution in [0.25, 0.3) is 0 Å². The highest BCUT2D eigenvalue weighted by Gasteiger charge is 2.57. The van der Waals surface area contributed by atoms with Gasteiger partial charge < -0.3 is 5.11 Å². The van der Waals surface area contributed by atoms with E-state index in [9.17, 15) is 33.2 Å². The molecular formula is C17H19F3N2O4. The van der Waals surface area contributed by atoms with Crippen LogP contribution in [0.15, 0.2) is 18.2 Å². The summed E-state index contributed by atoms with van der Waals surface area (Å²) in [6, 6.07) is 2.39. The van der Waals surface area contributed by atoms with Crippen LogP contribution in [0.1, 0.15) is 32.3 Å². The standard InChI is InChI=1S/C17H19F3N2O4/c1-3-9-6-8(2)13-14(9)16(24)21(15(13)23)10-4-5-12(22(25)26)11(7-10)17(18,19)20/h4-5,7-9,13-14,16,24H,3,6H2,1-2H3/t8-,9?,13?,14?,16?/m0/s1. The monoisotopic (exact) mass is 372 g/mol. The number of anilines is 1. The molecule has 1 aliphatic carbocycles. The Hall–Kier alpha value is -2.16. The summed E-state index contributed by atoms with van der Waals surface area (Å²) in [7, 11) is 0. The van der Waals surface area contributed by atoms with Crippen molar-refractivity contribution in [3.8, 4) is 0 Å². The average Bonchev–Trinajstić information content (AvgIpc) is 3.02. The van der Waals surface area contributed by atoms with Crippen LogP contribution in [-0.2, 0) is 11.0 Å². The maximum atomic E-state index is 13.2. The summed E-state index contributed by atoms with van der Waals surface area (Å²) in [5, 5.41) is 21.6. The van der Waals surface area contributed by atoms with Gasteiger partial charge in [0.2, 0.25) is 5.91 Å². The topological polar surface area (TPSA) is 83.7 Å². The molecule has 1 amide bonds. The van der Waals surface area contributed by atoms with Crippen LogP contribution < -0.4 is 4.90 Å². The van der Waals surface area contributed by atoms with Gasteiger partial charge in [0.1, 0.15) is 11.8 Å². The molecule has 3 rings (SSSR count). The van der Waals surface area contributed by atoms with Gasteiger partial charge in [0.25, 0.3) is 5.69 Å². The van der Waals surface area contributed by atoms with E-state index in [1.165, 1.54) is 0 Å². The Bertz CT molecular complexity index is 752. The molecular weight excluding hydrogens is 353 g/mol. The first kappa shape index (κ1) is 18.6. The van der Waals surface area contributed by atoms with Gasteiger partial charge in [0, 0.05) is 23.6 Å². The van der Waals surface area contributed by atoms with Crippen molar-refractivity contribution in [3.05, 3.63) is 33.9 Å². The lowest BCUT2D eigenvalue weighted by Gasteiger charge is -2.27. The third-order valence-corrected chi connectivity index (χ3v) is 5.66. The summed E-state index contributed by atoms with van der Waals surface area (Å²) in [6.45, 7) is 3.85. The Labute approximate surface area is 147 Å². The number of hydrogen-bond donors (Lipinski definition) is 1. The van der Waals surface area contributed by atoms with Crippen molar-refractivity contribution >= 4 is 17.3 Å². The van der Waals surface area contributed by atoms with E-state index < -0.39 is 40.4 Å². The molecule has 4 unspecified atom stereocenters. The number of halogens is 3. The van der Waals surface area contributed by atoms with Gasteiger partial charge in [-0.2, -0.15) is 13.2 Å². The van der Waals surface area contributed by atoms with Crippen molar-refractivity contribution in [2.45, 2.75) is 39.1 Å². The maximum Gasteiger partial charge on any atom is 0.423 e. The first-order valence-corrected chi connectivity index (χ1v) is 8.44. The summed E-state index contributed by atoms with van der Waals surface area (Å²) < 4.78 is 39.6. The zero-order chi connectivity index (χ0) is 19.4. The summed E-state index contributed by atoms with van der Waals surface area (Å²) >= 11 is 0. The summed E-state index contributed by atoms with van der Waals surface area (Å²) in [5.74, 6) is -1.07. The van der Waals surface area contributed by atoms with E-state index in [0.717, 1.165) is 29.9 Å². The van der Waals surface area contributed by atoms with Crippen LogP contribution in [0, 0.1) is 33.8 Å². The molecule has 9 heteroatoms. The molecule has 2 fully saturated rings. The fourth-order valence-electron chi connectivity index (χ4n) is 4.53. The van der Waals surface area contributed by atoms with Crippen LogP contribution in [0.2, 0.25) is 0 Å². The number of carbonyl (C=O) groups is 1. The van der Waals surface area contributed by atoms with Gasteiger partial charge in [-0.15, -0.1) is 0 Å². The van der Waals surface area contributed by atoms with Gasteiger partial charge in [-0.3, -0.25) is 19.8 Å². The molecule has 5 atom stereocenters. The molecule has 1 saturated carbocycles. The van der Waals surface area contributed by atoms with Gasteiger partial charge in [-0.05, 0) is 30.4 Å². The molecule has 2 aliphatic rings. The number of carbonyl (C=O) groups excluding carboxylic acids is 1. The number of fused-ring (bicyclic) bond motifs is 1. The number of nitro benzene ring substituents is 1. The van der Waals surface area contributed by atoms with E-state index in [1.807, 2.05) is 13.8 Å². The Morgan fingerprint density at radius 2 is 2.04 bits per heavy atom. The second-order valence-electron chi connectivity index (χ2n) is 7.06. The maximum absolute atomic E-state index is 13.2. The summed E-state index contributed by atoms with van der Waals surface area (Å²) in [5.41, 5.74) is -2.68. The predicted octanol–water partition coefficient (Wildman–Crippen LogP) is 3.58. The third kappa shape index (κ3) is 2.74. The van der Waals surface area contributed by atoms with Crippen LogP contribution in [0.4, 0.5) is 24.5 Å². The fraction of sp³-hybridized carbons (Fsp3) is 0.588. The molecule has 0 spiro atoms. The molecule has 0 radical (unpaired) electrons. The van der Waals surface area contributed by atoms with Crippen molar-refractivity contribution in [1.29, 1.82) is 0 Å². The average molecular weight is 372 g/mol. The number of amides is 1. The van der Waals surface area contributed by atoms with Crippen molar-refractivity contribution in [2.75, 3.05) is 4.90 Å². The molecule has 1 heterocycles. The minimum Gasteiger partial charge on any atom is -0.373 e. The van der Waals surface area contributed by atoms with Crippen LogP contribution in [-0.4, -0.2) is 22.2 Å².